The summed E-state index contributed by atoms with van der Waals surface area (Å²) in [5.74, 6) is 1.39. The van der Waals surface area contributed by atoms with Crippen molar-refractivity contribution in [2.45, 2.75) is 51.5 Å². The Kier molecular flexibility index (Phi) is 7.70. The highest BCUT2D eigenvalue weighted by atomic mass is 35.5. The molecule has 3 unspecified atom stereocenters. The van der Waals surface area contributed by atoms with Crippen LogP contribution in [0.3, 0.4) is 0 Å². The fourth-order valence-corrected chi connectivity index (χ4v) is 3.97. The number of hydrogen-bond donors (Lipinski definition) is 2. The van der Waals surface area contributed by atoms with Crippen LogP contribution in [0.1, 0.15) is 57.1 Å². The Balaban J connectivity index is 0.00000225. The van der Waals surface area contributed by atoms with Gasteiger partial charge in [0.25, 0.3) is 0 Å². The van der Waals surface area contributed by atoms with E-state index in [1.54, 1.807) is 0 Å². The molecule has 140 valence electrons. The summed E-state index contributed by atoms with van der Waals surface area (Å²) in [4.78, 5) is 12.6. The van der Waals surface area contributed by atoms with Crippen LogP contribution in [-0.4, -0.2) is 19.0 Å². The lowest BCUT2D eigenvalue weighted by Crippen LogP contribution is -2.39. The maximum Gasteiger partial charge on any atom is 0.220 e. The van der Waals surface area contributed by atoms with E-state index in [0.717, 1.165) is 31.5 Å². The van der Waals surface area contributed by atoms with Crippen molar-refractivity contribution >= 4 is 18.3 Å². The Labute approximate surface area is 156 Å². The quantitative estimate of drug-likeness (QED) is 0.788. The van der Waals surface area contributed by atoms with E-state index in [0.29, 0.717) is 24.2 Å². The van der Waals surface area contributed by atoms with Gasteiger partial charge in [-0.2, -0.15) is 0 Å². The predicted molar refractivity (Wildman–Crippen MR) is 101 cm³/mol. The monoisotopic (exact) mass is 368 g/mol. The van der Waals surface area contributed by atoms with Crippen molar-refractivity contribution in [2.24, 2.45) is 17.8 Å². The minimum absolute atomic E-state index is 0. The molecule has 25 heavy (non-hydrogen) atoms. The topological polar surface area (TPSA) is 41.1 Å². The van der Waals surface area contributed by atoms with E-state index in [2.05, 4.69) is 17.6 Å². The van der Waals surface area contributed by atoms with Gasteiger partial charge in [0.15, 0.2) is 0 Å². The van der Waals surface area contributed by atoms with Gasteiger partial charge < -0.3 is 10.6 Å². The van der Waals surface area contributed by atoms with Crippen LogP contribution in [0.4, 0.5) is 4.39 Å². The van der Waals surface area contributed by atoms with Crippen LogP contribution in [0.5, 0.6) is 0 Å². The van der Waals surface area contributed by atoms with E-state index in [-0.39, 0.29) is 30.2 Å². The molecular weight excluding hydrogens is 339 g/mol. The molecule has 0 spiro atoms. The Morgan fingerprint density at radius 2 is 1.88 bits per heavy atom. The van der Waals surface area contributed by atoms with Gasteiger partial charge in [-0.05, 0) is 74.2 Å². The molecule has 1 aromatic rings. The molecule has 0 aromatic heterocycles. The number of amides is 1. The third-order valence-corrected chi connectivity index (χ3v) is 5.81. The molecule has 1 saturated heterocycles. The van der Waals surface area contributed by atoms with Crippen LogP contribution in [-0.2, 0) is 4.79 Å². The van der Waals surface area contributed by atoms with Crippen molar-refractivity contribution in [3.05, 3.63) is 35.6 Å². The van der Waals surface area contributed by atoms with Crippen LogP contribution >= 0.6 is 12.4 Å². The van der Waals surface area contributed by atoms with Crippen molar-refractivity contribution < 1.29 is 9.18 Å². The van der Waals surface area contributed by atoms with Gasteiger partial charge in [0.2, 0.25) is 5.91 Å². The molecule has 5 heteroatoms. The van der Waals surface area contributed by atoms with Gasteiger partial charge in [0, 0.05) is 6.42 Å². The van der Waals surface area contributed by atoms with Gasteiger partial charge in [0.05, 0.1) is 6.04 Å². The maximum absolute atomic E-state index is 13.2. The fraction of sp³-hybridized carbons (Fsp3) is 0.650. The van der Waals surface area contributed by atoms with Crippen molar-refractivity contribution in [3.63, 3.8) is 0 Å². The minimum Gasteiger partial charge on any atom is -0.349 e. The Morgan fingerprint density at radius 3 is 2.44 bits per heavy atom. The molecule has 0 radical (unpaired) electrons. The van der Waals surface area contributed by atoms with Crippen LogP contribution in [0.25, 0.3) is 0 Å². The van der Waals surface area contributed by atoms with Gasteiger partial charge >= 0.3 is 0 Å². The third-order valence-electron chi connectivity index (χ3n) is 5.81. The largest absolute Gasteiger partial charge is 0.349 e. The first-order valence-electron chi connectivity index (χ1n) is 9.39. The lowest BCUT2D eigenvalue weighted by atomic mass is 9.77. The average Bonchev–Trinajstić information content (AvgIpc) is 2.54. The van der Waals surface area contributed by atoms with E-state index in [4.69, 9.17) is 0 Å². The van der Waals surface area contributed by atoms with E-state index in [1.165, 1.54) is 31.4 Å². The number of halogens is 2. The normalized spacial score (nSPS) is 23.0. The second-order valence-corrected chi connectivity index (χ2v) is 7.58. The highest BCUT2D eigenvalue weighted by Gasteiger charge is 2.30. The van der Waals surface area contributed by atoms with Gasteiger partial charge in [0.1, 0.15) is 5.82 Å². The molecule has 0 bridgehead atoms. The summed E-state index contributed by atoms with van der Waals surface area (Å²) in [6, 6.07) is 6.64. The lowest BCUT2D eigenvalue weighted by molar-refractivity contribution is -0.123. The second kappa shape index (κ2) is 9.54. The summed E-state index contributed by atoms with van der Waals surface area (Å²) in [5, 5.41) is 6.67. The number of rotatable bonds is 6. The number of piperidine rings is 1. The predicted octanol–water partition coefficient (Wildman–Crippen LogP) is 4.23. The molecule has 1 amide bonds. The summed E-state index contributed by atoms with van der Waals surface area (Å²) >= 11 is 0. The first-order valence-corrected chi connectivity index (χ1v) is 9.39. The molecule has 2 aliphatic rings. The summed E-state index contributed by atoms with van der Waals surface area (Å²) in [6.07, 6.45) is 6.51. The zero-order valence-electron chi connectivity index (χ0n) is 15.0. The van der Waals surface area contributed by atoms with Gasteiger partial charge in [-0.3, -0.25) is 4.79 Å². The number of benzene rings is 1. The standard InChI is InChI=1S/C20H29FN2O.ClH/c1-14(17-6-3-11-22-13-17)12-19(24)23-20(15-4-2-5-15)16-7-9-18(21)10-8-16;/h7-10,14-15,17,20,22H,2-6,11-13H2,1H3,(H,23,24);1H. The number of carbonyl (C=O) groups excluding carboxylic acids is 1. The smallest absolute Gasteiger partial charge is 0.220 e. The first-order chi connectivity index (χ1) is 11.6. The molecule has 2 fully saturated rings. The summed E-state index contributed by atoms with van der Waals surface area (Å²) in [5.41, 5.74) is 1.03. The second-order valence-electron chi connectivity index (χ2n) is 7.58. The maximum atomic E-state index is 13.2. The zero-order valence-corrected chi connectivity index (χ0v) is 15.8. The number of hydrogen-bond acceptors (Lipinski definition) is 2. The lowest BCUT2D eigenvalue weighted by Gasteiger charge is -2.35. The molecule has 1 aliphatic heterocycles. The van der Waals surface area contributed by atoms with Crippen LogP contribution in [0.2, 0.25) is 0 Å². The summed E-state index contributed by atoms with van der Waals surface area (Å²) in [7, 11) is 0. The highest BCUT2D eigenvalue weighted by molar-refractivity contribution is 5.85. The van der Waals surface area contributed by atoms with E-state index in [1.807, 2.05) is 12.1 Å². The molecule has 3 atom stereocenters. The molecule has 1 aromatic carbocycles. The molecular formula is C20H30ClFN2O. The zero-order chi connectivity index (χ0) is 16.9. The SMILES string of the molecule is CC(CC(=O)NC(c1ccc(F)cc1)C1CCC1)C1CCCNC1.Cl. The Bertz CT molecular complexity index is 541. The summed E-state index contributed by atoms with van der Waals surface area (Å²) in [6.45, 7) is 4.32. The van der Waals surface area contributed by atoms with Crippen molar-refractivity contribution in [2.75, 3.05) is 13.1 Å². The molecule has 1 heterocycles. The Morgan fingerprint density at radius 1 is 1.20 bits per heavy atom. The number of nitrogens with one attached hydrogen (secondary N) is 2. The highest BCUT2D eigenvalue weighted by Crippen LogP contribution is 2.38. The van der Waals surface area contributed by atoms with E-state index in [9.17, 15) is 9.18 Å². The van der Waals surface area contributed by atoms with Crippen LogP contribution in [0.15, 0.2) is 24.3 Å². The van der Waals surface area contributed by atoms with Gasteiger partial charge in [-0.15, -0.1) is 12.4 Å². The Hall–Kier alpha value is -1.13. The van der Waals surface area contributed by atoms with Crippen molar-refractivity contribution in [3.8, 4) is 0 Å². The van der Waals surface area contributed by atoms with Crippen molar-refractivity contribution in [1.29, 1.82) is 0 Å². The van der Waals surface area contributed by atoms with E-state index >= 15 is 0 Å². The molecule has 3 rings (SSSR count). The summed E-state index contributed by atoms with van der Waals surface area (Å²) < 4.78 is 13.2. The number of carbonyl (C=O) groups is 1. The average molecular weight is 369 g/mol. The van der Waals surface area contributed by atoms with Crippen LogP contribution < -0.4 is 10.6 Å². The van der Waals surface area contributed by atoms with E-state index < -0.39 is 0 Å². The van der Waals surface area contributed by atoms with Crippen LogP contribution in [0, 0.1) is 23.6 Å². The van der Waals surface area contributed by atoms with Gasteiger partial charge in [-0.1, -0.05) is 25.5 Å². The molecule has 1 saturated carbocycles. The fourth-order valence-electron chi connectivity index (χ4n) is 3.97. The van der Waals surface area contributed by atoms with Gasteiger partial charge in [-0.25, -0.2) is 4.39 Å². The minimum atomic E-state index is -0.226. The molecule has 1 aliphatic carbocycles. The third kappa shape index (κ3) is 5.42. The first kappa shape index (κ1) is 20.2. The molecule has 2 N–H and O–H groups in total. The van der Waals surface area contributed by atoms with Crippen molar-refractivity contribution in [1.82, 2.24) is 10.6 Å². The molecule has 3 nitrogen and oxygen atoms in total.